The van der Waals surface area contributed by atoms with Crippen LogP contribution in [-0.2, 0) is 0 Å². The largest absolute Gasteiger partial charge is 0.317 e. The first kappa shape index (κ1) is 11.0. The van der Waals surface area contributed by atoms with Gasteiger partial charge in [0.15, 0.2) is 0 Å². The lowest BCUT2D eigenvalue weighted by molar-refractivity contribution is 0.201. The van der Waals surface area contributed by atoms with Crippen molar-refractivity contribution in [2.24, 2.45) is 5.41 Å². The van der Waals surface area contributed by atoms with Gasteiger partial charge >= 0.3 is 0 Å². The van der Waals surface area contributed by atoms with Crippen LogP contribution >= 0.6 is 0 Å². The molecule has 2 N–H and O–H groups in total. The van der Waals surface area contributed by atoms with Gasteiger partial charge in [0.05, 0.1) is 0 Å². The lowest BCUT2D eigenvalue weighted by atomic mass is 9.80. The van der Waals surface area contributed by atoms with Crippen LogP contribution in [0, 0.1) is 5.41 Å². The lowest BCUT2D eigenvalue weighted by Crippen LogP contribution is -2.46. The molecule has 0 aliphatic carbocycles. The molecule has 0 aromatic rings. The van der Waals surface area contributed by atoms with E-state index in [1.165, 1.54) is 25.9 Å². The molecule has 0 aromatic carbocycles. The van der Waals surface area contributed by atoms with Crippen molar-refractivity contribution in [3.8, 4) is 0 Å². The molecule has 1 fully saturated rings. The van der Waals surface area contributed by atoms with E-state index in [2.05, 4.69) is 38.3 Å². The van der Waals surface area contributed by atoms with Crippen molar-refractivity contribution in [1.29, 1.82) is 0 Å². The van der Waals surface area contributed by atoms with Gasteiger partial charge in [-0.05, 0) is 52.1 Å². The third kappa shape index (κ3) is 4.10. The molecule has 0 amide bonds. The molecule has 0 spiro atoms. The summed E-state index contributed by atoms with van der Waals surface area (Å²) in [5.41, 5.74) is 0.770. The van der Waals surface area contributed by atoms with Gasteiger partial charge in [-0.3, -0.25) is 0 Å². The van der Waals surface area contributed by atoms with E-state index in [-0.39, 0.29) is 5.54 Å². The number of hydrogen-bond donors (Lipinski definition) is 2. The van der Waals surface area contributed by atoms with Crippen molar-refractivity contribution >= 4 is 0 Å². The Kier molecular flexibility index (Phi) is 3.36. The molecule has 1 aliphatic heterocycles. The molecule has 1 rings (SSSR count). The van der Waals surface area contributed by atoms with Crippen molar-refractivity contribution < 1.29 is 0 Å². The minimum absolute atomic E-state index is 0.258. The molecule has 78 valence electrons. The average Bonchev–Trinajstić information content (AvgIpc) is 2.02. The molecule has 0 aromatic heterocycles. The minimum atomic E-state index is 0.258. The monoisotopic (exact) mass is 184 g/mol. The van der Waals surface area contributed by atoms with E-state index in [9.17, 15) is 0 Å². The van der Waals surface area contributed by atoms with Crippen LogP contribution < -0.4 is 10.6 Å². The van der Waals surface area contributed by atoms with Crippen LogP contribution in [0.15, 0.2) is 0 Å². The fourth-order valence-corrected chi connectivity index (χ4v) is 1.69. The van der Waals surface area contributed by atoms with Gasteiger partial charge in [0.1, 0.15) is 0 Å². The average molecular weight is 184 g/mol. The second kappa shape index (κ2) is 3.97. The summed E-state index contributed by atoms with van der Waals surface area (Å²) in [4.78, 5) is 0. The Labute approximate surface area is 82.5 Å². The van der Waals surface area contributed by atoms with E-state index < -0.39 is 0 Å². The Morgan fingerprint density at radius 2 is 1.77 bits per heavy atom. The highest BCUT2D eigenvalue weighted by atomic mass is 15.0. The SMILES string of the molecule is CC1(CNC(C)(C)C)CCNCC1. The normalized spacial score (nSPS) is 23.1. The molecule has 1 saturated heterocycles. The first-order valence-corrected chi connectivity index (χ1v) is 5.37. The van der Waals surface area contributed by atoms with Gasteiger partial charge in [-0.15, -0.1) is 0 Å². The summed E-state index contributed by atoms with van der Waals surface area (Å²) in [7, 11) is 0. The van der Waals surface area contributed by atoms with Crippen LogP contribution in [0.4, 0.5) is 0 Å². The highest BCUT2D eigenvalue weighted by Gasteiger charge is 2.27. The quantitative estimate of drug-likeness (QED) is 0.683. The Morgan fingerprint density at radius 1 is 1.23 bits per heavy atom. The van der Waals surface area contributed by atoms with Crippen molar-refractivity contribution in [2.45, 2.75) is 46.1 Å². The van der Waals surface area contributed by atoms with Crippen LogP contribution in [-0.4, -0.2) is 25.2 Å². The highest BCUT2D eigenvalue weighted by molar-refractivity contribution is 4.85. The molecule has 0 unspecified atom stereocenters. The topological polar surface area (TPSA) is 24.1 Å². The molecule has 0 radical (unpaired) electrons. The summed E-state index contributed by atoms with van der Waals surface area (Å²) in [6.45, 7) is 12.6. The summed E-state index contributed by atoms with van der Waals surface area (Å²) in [6.07, 6.45) is 2.60. The predicted octanol–water partition coefficient (Wildman–Crippen LogP) is 1.76. The fraction of sp³-hybridized carbons (Fsp3) is 1.00. The standard InChI is InChI=1S/C11H24N2/c1-10(2,3)13-9-11(4)5-7-12-8-6-11/h12-13H,5-9H2,1-4H3. The smallest absolute Gasteiger partial charge is 0.00967 e. The van der Waals surface area contributed by atoms with E-state index in [1.54, 1.807) is 0 Å². The highest BCUT2D eigenvalue weighted by Crippen LogP contribution is 2.27. The van der Waals surface area contributed by atoms with Gasteiger partial charge in [0.25, 0.3) is 0 Å². The number of piperidine rings is 1. The van der Waals surface area contributed by atoms with Gasteiger partial charge in [-0.25, -0.2) is 0 Å². The fourth-order valence-electron chi connectivity index (χ4n) is 1.69. The predicted molar refractivity (Wildman–Crippen MR) is 58.0 cm³/mol. The van der Waals surface area contributed by atoms with E-state index in [0.717, 1.165) is 6.54 Å². The van der Waals surface area contributed by atoms with E-state index in [4.69, 9.17) is 0 Å². The van der Waals surface area contributed by atoms with Crippen LogP contribution in [0.1, 0.15) is 40.5 Å². The molecule has 13 heavy (non-hydrogen) atoms. The zero-order valence-electron chi connectivity index (χ0n) is 9.54. The van der Waals surface area contributed by atoms with Crippen molar-refractivity contribution in [1.82, 2.24) is 10.6 Å². The minimum Gasteiger partial charge on any atom is -0.317 e. The maximum atomic E-state index is 3.60. The van der Waals surface area contributed by atoms with Crippen LogP contribution in [0.25, 0.3) is 0 Å². The van der Waals surface area contributed by atoms with Gasteiger partial charge in [-0.1, -0.05) is 6.92 Å². The van der Waals surface area contributed by atoms with Crippen molar-refractivity contribution in [2.75, 3.05) is 19.6 Å². The Bertz CT molecular complexity index is 152. The molecular formula is C11H24N2. The molecular weight excluding hydrogens is 160 g/mol. The maximum absolute atomic E-state index is 3.60. The molecule has 1 heterocycles. The maximum Gasteiger partial charge on any atom is 0.00967 e. The summed E-state index contributed by atoms with van der Waals surface area (Å²) >= 11 is 0. The number of nitrogens with one attached hydrogen (secondary N) is 2. The van der Waals surface area contributed by atoms with Crippen molar-refractivity contribution in [3.05, 3.63) is 0 Å². The van der Waals surface area contributed by atoms with Gasteiger partial charge < -0.3 is 10.6 Å². The number of hydrogen-bond acceptors (Lipinski definition) is 2. The molecule has 1 aliphatic rings. The molecule has 2 nitrogen and oxygen atoms in total. The summed E-state index contributed by atoms with van der Waals surface area (Å²) in [5.74, 6) is 0. The summed E-state index contributed by atoms with van der Waals surface area (Å²) in [6, 6.07) is 0. The van der Waals surface area contributed by atoms with E-state index in [0.29, 0.717) is 5.41 Å². The Balaban J connectivity index is 2.33. The van der Waals surface area contributed by atoms with E-state index in [1.807, 2.05) is 0 Å². The zero-order valence-corrected chi connectivity index (χ0v) is 9.54. The summed E-state index contributed by atoms with van der Waals surface area (Å²) in [5, 5.41) is 7.01. The lowest BCUT2D eigenvalue weighted by Gasteiger charge is -2.37. The third-order valence-corrected chi connectivity index (χ3v) is 2.86. The first-order valence-electron chi connectivity index (χ1n) is 5.37. The molecule has 0 atom stereocenters. The molecule has 0 saturated carbocycles. The molecule has 0 bridgehead atoms. The van der Waals surface area contributed by atoms with Crippen LogP contribution in [0.3, 0.4) is 0 Å². The third-order valence-electron chi connectivity index (χ3n) is 2.86. The van der Waals surface area contributed by atoms with Crippen molar-refractivity contribution in [3.63, 3.8) is 0 Å². The second-order valence-electron chi connectivity index (χ2n) is 5.66. The zero-order chi connectivity index (χ0) is 9.95. The van der Waals surface area contributed by atoms with Gasteiger partial charge in [0, 0.05) is 12.1 Å². The van der Waals surface area contributed by atoms with Crippen LogP contribution in [0.2, 0.25) is 0 Å². The summed E-state index contributed by atoms with van der Waals surface area (Å²) < 4.78 is 0. The Hall–Kier alpha value is -0.0800. The Morgan fingerprint density at radius 3 is 2.23 bits per heavy atom. The second-order valence-corrected chi connectivity index (χ2v) is 5.66. The van der Waals surface area contributed by atoms with E-state index >= 15 is 0 Å². The van der Waals surface area contributed by atoms with Gasteiger partial charge in [-0.2, -0.15) is 0 Å². The first-order chi connectivity index (χ1) is 5.91. The van der Waals surface area contributed by atoms with Crippen LogP contribution in [0.5, 0.6) is 0 Å². The molecule has 2 heteroatoms. The number of rotatable bonds is 2. The van der Waals surface area contributed by atoms with Gasteiger partial charge in [0.2, 0.25) is 0 Å².